The van der Waals surface area contributed by atoms with Gasteiger partial charge in [0.25, 0.3) is 11.8 Å². The minimum Gasteiger partial charge on any atom is -0.480 e. The van der Waals surface area contributed by atoms with Gasteiger partial charge in [-0.2, -0.15) is 0 Å². The number of halogens is 2. The van der Waals surface area contributed by atoms with Crippen molar-refractivity contribution in [3.63, 3.8) is 0 Å². The van der Waals surface area contributed by atoms with Gasteiger partial charge in [0.15, 0.2) is 6.10 Å². The molecule has 0 bridgehead atoms. The predicted octanol–water partition coefficient (Wildman–Crippen LogP) is 5.46. The van der Waals surface area contributed by atoms with Crippen LogP contribution < -0.4 is 4.74 Å². The Bertz CT molecular complexity index is 743. The third-order valence-electron chi connectivity index (χ3n) is 2.72. The van der Waals surface area contributed by atoms with Crippen molar-refractivity contribution in [2.45, 2.75) is 13.0 Å². The summed E-state index contributed by atoms with van der Waals surface area (Å²) in [6, 6.07) is 9.60. The molecule has 0 amide bonds. The lowest BCUT2D eigenvalue weighted by Crippen LogP contribution is -2.03. The van der Waals surface area contributed by atoms with Crippen LogP contribution in [0.3, 0.4) is 0 Å². The second-order valence-corrected chi connectivity index (χ2v) is 6.98. The highest BCUT2D eigenvalue weighted by molar-refractivity contribution is 9.11. The normalized spacial score (nSPS) is 12.3. The van der Waals surface area contributed by atoms with Crippen LogP contribution in [0.25, 0.3) is 10.8 Å². The summed E-state index contributed by atoms with van der Waals surface area (Å²) in [5.41, 5.74) is 0. The Kier molecular flexibility index (Phi) is 4.42. The lowest BCUT2D eigenvalue weighted by Gasteiger charge is -2.12. The van der Waals surface area contributed by atoms with Crippen LogP contribution in [-0.4, -0.2) is 10.2 Å². The summed E-state index contributed by atoms with van der Waals surface area (Å²) in [5, 5.41) is 10.1. The average molecular weight is 430 g/mol. The molecule has 0 unspecified atom stereocenters. The van der Waals surface area contributed by atoms with Gasteiger partial charge in [-0.3, -0.25) is 0 Å². The molecule has 2 heterocycles. The van der Waals surface area contributed by atoms with E-state index in [1.165, 1.54) is 0 Å². The topological polar surface area (TPSA) is 48.2 Å². The molecule has 0 fully saturated rings. The summed E-state index contributed by atoms with van der Waals surface area (Å²) in [4.78, 5) is 0.950. The second-order valence-electron chi connectivity index (χ2n) is 4.26. The molecule has 0 saturated carbocycles. The lowest BCUT2D eigenvalue weighted by molar-refractivity contribution is 0.188. The first-order valence-electron chi connectivity index (χ1n) is 6.12. The van der Waals surface area contributed by atoms with Crippen molar-refractivity contribution in [2.75, 3.05) is 0 Å². The number of ether oxygens (including phenoxy) is 1. The van der Waals surface area contributed by atoms with Gasteiger partial charge >= 0.3 is 0 Å². The zero-order valence-corrected chi connectivity index (χ0v) is 14.9. The molecule has 3 rings (SSSR count). The molecule has 21 heavy (non-hydrogen) atoms. The van der Waals surface area contributed by atoms with Crippen LogP contribution >= 0.6 is 43.2 Å². The maximum Gasteiger partial charge on any atom is 0.257 e. The Morgan fingerprint density at radius 1 is 1.24 bits per heavy atom. The van der Waals surface area contributed by atoms with Crippen molar-refractivity contribution >= 4 is 43.2 Å². The van der Waals surface area contributed by atoms with Crippen molar-refractivity contribution in [3.05, 3.63) is 50.5 Å². The van der Waals surface area contributed by atoms with E-state index < -0.39 is 0 Å². The Labute approximate surface area is 142 Å². The number of aromatic nitrogens is 2. The molecular formula is C14H10Br2N2O2S. The van der Waals surface area contributed by atoms with E-state index in [1.54, 1.807) is 11.3 Å². The SMILES string of the molecule is C[C@@H](Oc1ccc(Br)cc1Br)c1nnc(-c2cccs2)o1. The molecule has 1 atom stereocenters. The van der Waals surface area contributed by atoms with Crippen LogP contribution in [0.5, 0.6) is 5.75 Å². The van der Waals surface area contributed by atoms with Crippen molar-refractivity contribution < 1.29 is 9.15 Å². The van der Waals surface area contributed by atoms with E-state index in [2.05, 4.69) is 42.1 Å². The molecule has 0 aliphatic rings. The maximum absolute atomic E-state index is 5.86. The number of hydrogen-bond acceptors (Lipinski definition) is 5. The quantitative estimate of drug-likeness (QED) is 0.552. The Balaban J connectivity index is 1.78. The first-order valence-corrected chi connectivity index (χ1v) is 8.59. The smallest absolute Gasteiger partial charge is 0.257 e. The minimum absolute atomic E-state index is 0.330. The number of hydrogen-bond donors (Lipinski definition) is 0. The summed E-state index contributed by atoms with van der Waals surface area (Å²) < 4.78 is 13.4. The van der Waals surface area contributed by atoms with Crippen molar-refractivity contribution in [2.24, 2.45) is 0 Å². The summed E-state index contributed by atoms with van der Waals surface area (Å²) in [6.45, 7) is 1.88. The van der Waals surface area contributed by atoms with Gasteiger partial charge in [0.1, 0.15) is 5.75 Å². The predicted molar refractivity (Wildman–Crippen MR) is 88.5 cm³/mol. The fourth-order valence-corrected chi connectivity index (χ4v) is 3.50. The summed E-state index contributed by atoms with van der Waals surface area (Å²) in [5.74, 6) is 1.69. The van der Waals surface area contributed by atoms with Crippen molar-refractivity contribution in [1.82, 2.24) is 10.2 Å². The Morgan fingerprint density at radius 3 is 2.81 bits per heavy atom. The highest BCUT2D eigenvalue weighted by atomic mass is 79.9. The van der Waals surface area contributed by atoms with E-state index in [0.29, 0.717) is 11.8 Å². The number of rotatable bonds is 4. The van der Waals surface area contributed by atoms with Gasteiger partial charge in [-0.1, -0.05) is 22.0 Å². The van der Waals surface area contributed by atoms with Gasteiger partial charge < -0.3 is 9.15 Å². The van der Waals surface area contributed by atoms with Gasteiger partial charge in [-0.05, 0) is 52.5 Å². The molecule has 0 N–H and O–H groups in total. The first-order chi connectivity index (χ1) is 10.1. The van der Waals surface area contributed by atoms with E-state index in [0.717, 1.165) is 19.6 Å². The zero-order chi connectivity index (χ0) is 14.8. The molecule has 0 radical (unpaired) electrons. The van der Waals surface area contributed by atoms with Crippen LogP contribution in [0.1, 0.15) is 18.9 Å². The third-order valence-corrected chi connectivity index (χ3v) is 4.69. The van der Waals surface area contributed by atoms with Gasteiger partial charge in [0.05, 0.1) is 9.35 Å². The largest absolute Gasteiger partial charge is 0.480 e. The summed E-state index contributed by atoms with van der Waals surface area (Å²) in [6.07, 6.45) is -0.330. The van der Waals surface area contributed by atoms with Crippen LogP contribution in [0.2, 0.25) is 0 Å². The molecule has 1 aromatic carbocycles. The van der Waals surface area contributed by atoms with Gasteiger partial charge in [0, 0.05) is 4.47 Å². The van der Waals surface area contributed by atoms with Gasteiger partial charge in [0.2, 0.25) is 0 Å². The number of nitrogens with zero attached hydrogens (tertiary/aromatic N) is 2. The molecule has 0 aliphatic carbocycles. The molecule has 7 heteroatoms. The Morgan fingerprint density at radius 2 is 2.10 bits per heavy atom. The second kappa shape index (κ2) is 6.29. The molecule has 4 nitrogen and oxygen atoms in total. The zero-order valence-electron chi connectivity index (χ0n) is 10.9. The summed E-state index contributed by atoms with van der Waals surface area (Å²) >= 11 is 8.43. The van der Waals surface area contributed by atoms with Crippen LogP contribution in [-0.2, 0) is 0 Å². The Hall–Kier alpha value is -1.18. The number of thiophene rings is 1. The fourth-order valence-electron chi connectivity index (χ4n) is 1.71. The highest BCUT2D eigenvalue weighted by Gasteiger charge is 2.18. The van der Waals surface area contributed by atoms with Gasteiger partial charge in [-0.15, -0.1) is 21.5 Å². The molecule has 0 saturated heterocycles. The van der Waals surface area contributed by atoms with Crippen LogP contribution in [0, 0.1) is 0 Å². The van der Waals surface area contributed by atoms with E-state index >= 15 is 0 Å². The number of benzene rings is 1. The fraction of sp³-hybridized carbons (Fsp3) is 0.143. The first kappa shape index (κ1) is 14.7. The molecule has 108 valence electrons. The monoisotopic (exact) mass is 428 g/mol. The molecule has 0 spiro atoms. The maximum atomic E-state index is 5.86. The average Bonchev–Trinajstić information content (AvgIpc) is 3.10. The standard InChI is InChI=1S/C14H10Br2N2O2S/c1-8(19-11-5-4-9(15)7-10(11)16)13-17-18-14(20-13)12-3-2-6-21-12/h2-8H,1H3/t8-/m1/s1. The van der Waals surface area contributed by atoms with E-state index in [1.807, 2.05) is 42.6 Å². The lowest BCUT2D eigenvalue weighted by atomic mass is 10.3. The van der Waals surface area contributed by atoms with E-state index in [9.17, 15) is 0 Å². The third kappa shape index (κ3) is 3.36. The van der Waals surface area contributed by atoms with E-state index in [4.69, 9.17) is 9.15 Å². The van der Waals surface area contributed by atoms with Gasteiger partial charge in [-0.25, -0.2) is 0 Å². The molecule has 0 aliphatic heterocycles. The minimum atomic E-state index is -0.330. The summed E-state index contributed by atoms with van der Waals surface area (Å²) in [7, 11) is 0. The highest BCUT2D eigenvalue weighted by Crippen LogP contribution is 2.32. The molecule has 3 aromatic rings. The van der Waals surface area contributed by atoms with E-state index in [-0.39, 0.29) is 6.10 Å². The van der Waals surface area contributed by atoms with Crippen molar-refractivity contribution in [1.29, 1.82) is 0 Å². The molecular weight excluding hydrogens is 420 g/mol. The van der Waals surface area contributed by atoms with Crippen molar-refractivity contribution in [3.8, 4) is 16.5 Å². The van der Waals surface area contributed by atoms with Crippen LogP contribution in [0.4, 0.5) is 0 Å². The molecule has 2 aromatic heterocycles. The van der Waals surface area contributed by atoms with Crippen LogP contribution in [0.15, 0.2) is 49.1 Å².